The van der Waals surface area contributed by atoms with Gasteiger partial charge in [-0.05, 0) is 67.0 Å². The molecule has 1 aliphatic heterocycles. The first kappa shape index (κ1) is 26.9. The lowest BCUT2D eigenvalue weighted by molar-refractivity contribution is -0.143. The van der Waals surface area contributed by atoms with E-state index in [0.717, 1.165) is 38.8 Å². The van der Waals surface area contributed by atoms with Crippen molar-refractivity contribution in [1.29, 1.82) is 0 Å². The molecule has 1 saturated heterocycles. The minimum absolute atomic E-state index is 0.0505. The Hall–Kier alpha value is -2.65. The number of benzene rings is 2. The Labute approximate surface area is 212 Å². The minimum atomic E-state index is -0.0505. The van der Waals surface area contributed by atoms with E-state index in [2.05, 4.69) is 65.6 Å². The Kier molecular flexibility index (Phi) is 11.3. The smallest absolute Gasteiger partial charge is 0.305 e. The molecular weight excluding hydrogens is 430 g/mol. The van der Waals surface area contributed by atoms with E-state index in [-0.39, 0.29) is 5.97 Å². The fraction of sp³-hybridized carbons (Fsp3) is 0.469. The summed E-state index contributed by atoms with van der Waals surface area (Å²) in [6.45, 7) is 9.85. The molecule has 0 aromatic heterocycles. The molecule has 2 aliphatic rings. The van der Waals surface area contributed by atoms with Crippen LogP contribution >= 0.6 is 0 Å². The number of piperidine rings is 1. The maximum absolute atomic E-state index is 11.4. The van der Waals surface area contributed by atoms with Crippen LogP contribution in [-0.4, -0.2) is 37.1 Å². The van der Waals surface area contributed by atoms with Crippen LogP contribution in [-0.2, 0) is 9.53 Å². The fourth-order valence-electron chi connectivity index (χ4n) is 5.11. The second kappa shape index (κ2) is 14.7. The van der Waals surface area contributed by atoms with Crippen molar-refractivity contribution in [1.82, 2.24) is 4.90 Å². The van der Waals surface area contributed by atoms with Crippen molar-refractivity contribution in [3.05, 3.63) is 76.4 Å². The highest BCUT2D eigenvalue weighted by molar-refractivity contribution is 5.94. The van der Waals surface area contributed by atoms with E-state index in [1.54, 1.807) is 5.57 Å². The van der Waals surface area contributed by atoms with Gasteiger partial charge in [-0.1, -0.05) is 99.4 Å². The van der Waals surface area contributed by atoms with Crippen LogP contribution in [0.15, 0.2) is 54.1 Å². The van der Waals surface area contributed by atoms with E-state index < -0.39 is 0 Å². The Morgan fingerprint density at radius 1 is 0.800 bits per heavy atom. The number of esters is 1. The van der Waals surface area contributed by atoms with Crippen molar-refractivity contribution >= 4 is 23.7 Å². The molecule has 0 atom stereocenters. The molecule has 3 heteroatoms. The largest absolute Gasteiger partial charge is 0.466 e. The molecule has 0 N–H and O–H groups in total. The first-order chi connectivity index (χ1) is 17.3. The quantitative estimate of drug-likeness (QED) is 0.233. The Morgan fingerprint density at radius 2 is 1.34 bits per heavy atom. The van der Waals surface area contributed by atoms with E-state index >= 15 is 0 Å². The van der Waals surface area contributed by atoms with Crippen molar-refractivity contribution in [2.45, 2.75) is 72.1 Å². The summed E-state index contributed by atoms with van der Waals surface area (Å²) in [5.41, 5.74) is 8.47. The summed E-state index contributed by atoms with van der Waals surface area (Å²) in [4.78, 5) is 14.0. The second-order valence-electron chi connectivity index (χ2n) is 9.15. The summed E-state index contributed by atoms with van der Waals surface area (Å²) in [5, 5.41) is 0. The Balaban J connectivity index is 0.00000167. The van der Waals surface area contributed by atoms with Crippen molar-refractivity contribution in [2.75, 3.05) is 26.2 Å². The van der Waals surface area contributed by atoms with E-state index in [1.807, 2.05) is 20.8 Å². The van der Waals surface area contributed by atoms with Crippen molar-refractivity contribution in [3.8, 4) is 0 Å². The summed E-state index contributed by atoms with van der Waals surface area (Å²) in [7, 11) is 0. The van der Waals surface area contributed by atoms with Crippen LogP contribution in [0.3, 0.4) is 0 Å². The van der Waals surface area contributed by atoms with Gasteiger partial charge in [-0.3, -0.25) is 4.79 Å². The first-order valence-electron chi connectivity index (χ1n) is 13.7. The Morgan fingerprint density at radius 3 is 1.94 bits per heavy atom. The van der Waals surface area contributed by atoms with Gasteiger partial charge in [0.1, 0.15) is 0 Å². The number of ether oxygens (including phenoxy) is 1. The molecule has 0 unspecified atom stereocenters. The van der Waals surface area contributed by atoms with Gasteiger partial charge in [-0.25, -0.2) is 0 Å². The molecule has 1 heterocycles. The lowest BCUT2D eigenvalue weighted by Gasteiger charge is -2.30. The number of hydrogen-bond donors (Lipinski definition) is 0. The molecule has 3 nitrogen and oxygen atoms in total. The molecular formula is C32H43NO2. The summed E-state index contributed by atoms with van der Waals surface area (Å²) >= 11 is 0. The summed E-state index contributed by atoms with van der Waals surface area (Å²) in [6, 6.07) is 17.7. The van der Waals surface area contributed by atoms with Gasteiger partial charge in [-0.2, -0.15) is 0 Å². The maximum Gasteiger partial charge on any atom is 0.305 e. The number of hydrogen-bond acceptors (Lipinski definition) is 3. The number of unbranched alkanes of at least 4 members (excludes halogenated alkanes) is 4. The molecule has 1 aliphatic carbocycles. The predicted molar refractivity (Wildman–Crippen MR) is 149 cm³/mol. The number of carbonyl (C=O) groups is 1. The average molecular weight is 474 g/mol. The fourth-order valence-corrected chi connectivity index (χ4v) is 5.11. The highest BCUT2D eigenvalue weighted by Gasteiger charge is 2.22. The van der Waals surface area contributed by atoms with Gasteiger partial charge < -0.3 is 9.64 Å². The van der Waals surface area contributed by atoms with E-state index in [1.165, 1.54) is 53.6 Å². The van der Waals surface area contributed by atoms with E-state index in [9.17, 15) is 4.79 Å². The number of rotatable bonds is 9. The molecule has 0 spiro atoms. The molecule has 2 aromatic rings. The van der Waals surface area contributed by atoms with Crippen LogP contribution in [0.1, 0.15) is 94.4 Å². The lowest BCUT2D eigenvalue weighted by Crippen LogP contribution is -2.32. The number of likely N-dealkylation sites (tertiary alicyclic amines) is 1. The van der Waals surface area contributed by atoms with Gasteiger partial charge in [0.2, 0.25) is 0 Å². The monoisotopic (exact) mass is 473 g/mol. The second-order valence-corrected chi connectivity index (χ2v) is 9.15. The molecule has 2 aromatic carbocycles. The lowest BCUT2D eigenvalue weighted by atomic mass is 9.86. The highest BCUT2D eigenvalue weighted by atomic mass is 16.5. The van der Waals surface area contributed by atoms with E-state index in [0.29, 0.717) is 13.0 Å². The average Bonchev–Trinajstić information content (AvgIpc) is 3.07. The standard InChI is InChI=1S/C30H37NO2.C2H6/c1-2-33-29(32)16-6-4-3-5-11-21-31-22-19-26(20-23-31)30-27-14-9-7-12-24(27)17-18-25-13-8-10-15-28(25)30;1-2/h7-10,12-15,17-18H,2-6,11,16,19-23H2,1H3;1-2H3. The third-order valence-corrected chi connectivity index (χ3v) is 6.88. The summed E-state index contributed by atoms with van der Waals surface area (Å²) in [5.74, 6) is -0.0505. The molecule has 0 radical (unpaired) electrons. The molecule has 1 fully saturated rings. The van der Waals surface area contributed by atoms with Gasteiger partial charge >= 0.3 is 5.97 Å². The normalized spacial score (nSPS) is 14.9. The minimum Gasteiger partial charge on any atom is -0.466 e. The molecule has 0 saturated carbocycles. The van der Waals surface area contributed by atoms with Crippen LogP contribution in [0, 0.1) is 0 Å². The third kappa shape index (κ3) is 7.67. The van der Waals surface area contributed by atoms with E-state index in [4.69, 9.17) is 4.74 Å². The first-order valence-corrected chi connectivity index (χ1v) is 13.7. The molecule has 188 valence electrons. The molecule has 0 bridgehead atoms. The van der Waals surface area contributed by atoms with Gasteiger partial charge in [0.25, 0.3) is 0 Å². The van der Waals surface area contributed by atoms with Crippen LogP contribution in [0.5, 0.6) is 0 Å². The van der Waals surface area contributed by atoms with Crippen LogP contribution in [0.25, 0.3) is 17.7 Å². The zero-order valence-electron chi connectivity index (χ0n) is 22.0. The molecule has 0 amide bonds. The number of nitrogens with zero attached hydrogens (tertiary/aromatic N) is 1. The van der Waals surface area contributed by atoms with Crippen molar-refractivity contribution in [2.24, 2.45) is 0 Å². The summed E-state index contributed by atoms with van der Waals surface area (Å²) in [6.07, 6.45) is 13.2. The van der Waals surface area contributed by atoms with Crippen LogP contribution in [0.2, 0.25) is 0 Å². The highest BCUT2D eigenvalue weighted by Crippen LogP contribution is 2.38. The van der Waals surface area contributed by atoms with Gasteiger partial charge in [0, 0.05) is 19.5 Å². The predicted octanol–water partition coefficient (Wildman–Crippen LogP) is 8.00. The van der Waals surface area contributed by atoms with Gasteiger partial charge in [0.05, 0.1) is 6.61 Å². The van der Waals surface area contributed by atoms with Crippen molar-refractivity contribution in [3.63, 3.8) is 0 Å². The van der Waals surface area contributed by atoms with Crippen LogP contribution < -0.4 is 0 Å². The zero-order valence-corrected chi connectivity index (χ0v) is 22.0. The number of carbonyl (C=O) groups excluding carboxylic acids is 1. The topological polar surface area (TPSA) is 29.5 Å². The maximum atomic E-state index is 11.4. The van der Waals surface area contributed by atoms with Crippen LogP contribution in [0.4, 0.5) is 0 Å². The SMILES string of the molecule is CC.CCOC(=O)CCCCCCCN1CCC(=C2c3ccccc3C=Cc3ccccc32)CC1. The molecule has 4 rings (SSSR count). The van der Waals surface area contributed by atoms with Crippen molar-refractivity contribution < 1.29 is 9.53 Å². The van der Waals surface area contributed by atoms with Gasteiger partial charge in [0.15, 0.2) is 0 Å². The summed E-state index contributed by atoms with van der Waals surface area (Å²) < 4.78 is 4.99. The Bertz CT molecular complexity index is 943. The zero-order chi connectivity index (χ0) is 24.9. The third-order valence-electron chi connectivity index (χ3n) is 6.88. The van der Waals surface area contributed by atoms with Gasteiger partial charge in [-0.15, -0.1) is 0 Å². The molecule has 35 heavy (non-hydrogen) atoms. The number of fused-ring (bicyclic) bond motifs is 2.